The van der Waals surface area contributed by atoms with Crippen LogP contribution in [-0.4, -0.2) is 34.0 Å². The van der Waals surface area contributed by atoms with E-state index in [0.29, 0.717) is 11.8 Å². The minimum atomic E-state index is -0.843. The summed E-state index contributed by atoms with van der Waals surface area (Å²) in [6.45, 7) is 12.0. The van der Waals surface area contributed by atoms with E-state index in [0.717, 1.165) is 24.0 Å². The van der Waals surface area contributed by atoms with Crippen LogP contribution in [0.25, 0.3) is 0 Å². The van der Waals surface area contributed by atoms with Crippen molar-refractivity contribution in [2.75, 3.05) is 0 Å². The van der Waals surface area contributed by atoms with Crippen LogP contribution in [0, 0.1) is 23.7 Å². The van der Waals surface area contributed by atoms with E-state index in [1.165, 1.54) is 0 Å². The molecule has 4 N–H and O–H groups in total. The molecule has 0 radical (unpaired) electrons. The van der Waals surface area contributed by atoms with Crippen LogP contribution in [0.4, 0.5) is 0 Å². The number of hydrogen-bond donors (Lipinski definition) is 4. The first-order valence-electron chi connectivity index (χ1n) is 14.9. The molecule has 42 heavy (non-hydrogen) atoms. The lowest BCUT2D eigenvalue weighted by Gasteiger charge is -2.19. The Morgan fingerprint density at radius 1 is 0.548 bits per heavy atom. The lowest BCUT2D eigenvalue weighted by molar-refractivity contribution is -0.139. The minimum absolute atomic E-state index is 0.0469. The topological polar surface area (TPSA) is 133 Å². The maximum absolute atomic E-state index is 12.1. The predicted octanol–water partition coefficient (Wildman–Crippen LogP) is 6.78. The number of carboxylic acid groups (broad SMARTS) is 2. The second-order valence-corrected chi connectivity index (χ2v) is 12.0. The van der Waals surface area contributed by atoms with Crippen LogP contribution in [-0.2, 0) is 19.2 Å². The Labute approximate surface area is 251 Å². The molecule has 0 aliphatic rings. The third-order valence-corrected chi connectivity index (χ3v) is 6.84. The van der Waals surface area contributed by atoms with E-state index in [1.807, 2.05) is 102 Å². The third kappa shape index (κ3) is 16.6. The molecule has 4 atom stereocenters. The van der Waals surface area contributed by atoms with Crippen molar-refractivity contribution >= 4 is 23.8 Å². The van der Waals surface area contributed by atoms with Crippen LogP contribution in [0.1, 0.15) is 103 Å². The van der Waals surface area contributed by atoms with Gasteiger partial charge in [0.05, 0.1) is 12.1 Å². The fraction of sp³-hybridized carbons (Fsp3) is 0.529. The maximum Gasteiger partial charge on any atom is 0.303 e. The van der Waals surface area contributed by atoms with Crippen LogP contribution in [0.2, 0.25) is 0 Å². The Morgan fingerprint density at radius 2 is 0.857 bits per heavy atom. The van der Waals surface area contributed by atoms with Gasteiger partial charge in [0.15, 0.2) is 0 Å². The van der Waals surface area contributed by atoms with Crippen molar-refractivity contribution in [3.63, 3.8) is 0 Å². The van der Waals surface area contributed by atoms with Crippen molar-refractivity contribution in [1.29, 1.82) is 0 Å². The summed E-state index contributed by atoms with van der Waals surface area (Å²) in [5.41, 5.74) is 2.09. The molecule has 0 aliphatic heterocycles. The van der Waals surface area contributed by atoms with Gasteiger partial charge in [-0.05, 0) is 61.5 Å². The zero-order chi connectivity index (χ0) is 31.7. The molecule has 0 bridgehead atoms. The highest BCUT2D eigenvalue weighted by molar-refractivity contribution is 5.78. The summed E-state index contributed by atoms with van der Waals surface area (Å²) in [4.78, 5) is 46.0. The first-order valence-corrected chi connectivity index (χ1v) is 14.9. The van der Waals surface area contributed by atoms with Crippen LogP contribution in [0.5, 0.6) is 0 Å². The molecule has 0 saturated heterocycles. The fourth-order valence-corrected chi connectivity index (χ4v) is 5.08. The van der Waals surface area contributed by atoms with Gasteiger partial charge < -0.3 is 20.8 Å². The summed E-state index contributed by atoms with van der Waals surface area (Å²) >= 11 is 0. The quantitative estimate of drug-likeness (QED) is 0.172. The molecule has 0 aromatic heterocycles. The van der Waals surface area contributed by atoms with E-state index in [1.54, 1.807) is 0 Å². The number of carboxylic acids is 2. The molecule has 8 heteroatoms. The zero-order valence-corrected chi connectivity index (χ0v) is 26.0. The summed E-state index contributed by atoms with van der Waals surface area (Å²) in [5, 5.41) is 23.8. The van der Waals surface area contributed by atoms with E-state index in [4.69, 9.17) is 10.2 Å². The van der Waals surface area contributed by atoms with E-state index >= 15 is 0 Å². The molecule has 2 rings (SSSR count). The molecule has 2 aromatic carbocycles. The molecule has 0 spiro atoms. The Kier molecular flexibility index (Phi) is 16.8. The molecule has 2 amide bonds. The smallest absolute Gasteiger partial charge is 0.303 e. The van der Waals surface area contributed by atoms with Crippen molar-refractivity contribution in [1.82, 2.24) is 10.6 Å². The summed E-state index contributed by atoms with van der Waals surface area (Å²) < 4.78 is 0. The highest BCUT2D eigenvalue weighted by Gasteiger charge is 2.21. The SMILES string of the molecule is CC(C)CC(CC(=O)O)CC(=O)NC(C)c1ccccc1.CC(C)C[C@H](CC(=O)O)CC(=O)N[C@@H](C)c1ccccc1. The van der Waals surface area contributed by atoms with Gasteiger partial charge in [0.1, 0.15) is 0 Å². The van der Waals surface area contributed by atoms with E-state index < -0.39 is 11.9 Å². The van der Waals surface area contributed by atoms with Crippen molar-refractivity contribution in [2.24, 2.45) is 23.7 Å². The van der Waals surface area contributed by atoms with Gasteiger partial charge in [-0.15, -0.1) is 0 Å². The molecule has 0 saturated carbocycles. The van der Waals surface area contributed by atoms with Crippen molar-refractivity contribution in [3.8, 4) is 0 Å². The normalized spacial score (nSPS) is 13.7. The highest BCUT2D eigenvalue weighted by Crippen LogP contribution is 2.21. The lowest BCUT2D eigenvalue weighted by atomic mass is 9.91. The Hall–Kier alpha value is -3.68. The van der Waals surface area contributed by atoms with Crippen LogP contribution in [0.3, 0.4) is 0 Å². The van der Waals surface area contributed by atoms with Gasteiger partial charge in [0, 0.05) is 25.7 Å². The molecule has 2 aromatic rings. The van der Waals surface area contributed by atoms with Gasteiger partial charge in [-0.2, -0.15) is 0 Å². The molecule has 2 unspecified atom stereocenters. The van der Waals surface area contributed by atoms with Crippen LogP contribution < -0.4 is 10.6 Å². The van der Waals surface area contributed by atoms with E-state index in [2.05, 4.69) is 10.6 Å². The Morgan fingerprint density at radius 3 is 1.12 bits per heavy atom. The average Bonchev–Trinajstić information content (AvgIpc) is 2.88. The summed E-state index contributed by atoms with van der Waals surface area (Å²) in [7, 11) is 0. The van der Waals surface area contributed by atoms with Crippen molar-refractivity contribution in [2.45, 2.75) is 92.2 Å². The van der Waals surface area contributed by atoms with Crippen molar-refractivity contribution < 1.29 is 29.4 Å². The molecule has 8 nitrogen and oxygen atoms in total. The fourth-order valence-electron chi connectivity index (χ4n) is 5.08. The van der Waals surface area contributed by atoms with Crippen molar-refractivity contribution in [3.05, 3.63) is 71.8 Å². The van der Waals surface area contributed by atoms with E-state index in [9.17, 15) is 19.2 Å². The van der Waals surface area contributed by atoms with Gasteiger partial charge in [-0.25, -0.2) is 0 Å². The molecular weight excluding hydrogens is 532 g/mol. The number of amides is 2. The number of benzene rings is 2. The molecule has 0 heterocycles. The Bertz CT molecular complexity index is 1000. The largest absolute Gasteiger partial charge is 0.481 e. The standard InChI is InChI=1S/2C17H25NO3/c2*1-12(2)9-14(11-17(20)21)10-16(19)18-13(3)15-7-5-4-6-8-15/h2*4-8,12-14H,9-11H2,1-3H3,(H,18,19)(H,20,21)/t13-,14-;/m0./s1. The molecule has 232 valence electrons. The minimum Gasteiger partial charge on any atom is -0.481 e. The number of rotatable bonds is 16. The Balaban J connectivity index is 0.000000420. The number of hydrogen-bond acceptors (Lipinski definition) is 4. The molecular formula is C34H50N2O6. The third-order valence-electron chi connectivity index (χ3n) is 6.84. The number of carbonyl (C=O) groups excluding carboxylic acids is 2. The summed E-state index contributed by atoms with van der Waals surface area (Å²) in [5.74, 6) is -1.30. The second kappa shape index (κ2) is 19.4. The lowest BCUT2D eigenvalue weighted by Crippen LogP contribution is -2.29. The summed E-state index contributed by atoms with van der Waals surface area (Å²) in [6.07, 6.45) is 2.12. The van der Waals surface area contributed by atoms with Gasteiger partial charge in [0.25, 0.3) is 0 Å². The van der Waals surface area contributed by atoms with Gasteiger partial charge in [-0.1, -0.05) is 88.4 Å². The highest BCUT2D eigenvalue weighted by atomic mass is 16.4. The zero-order valence-electron chi connectivity index (χ0n) is 26.0. The van der Waals surface area contributed by atoms with Crippen LogP contribution in [0.15, 0.2) is 60.7 Å². The van der Waals surface area contributed by atoms with Gasteiger partial charge in [0.2, 0.25) is 11.8 Å². The summed E-state index contributed by atoms with van der Waals surface area (Å²) in [6, 6.07) is 19.3. The first kappa shape index (κ1) is 36.3. The van der Waals surface area contributed by atoms with Gasteiger partial charge >= 0.3 is 11.9 Å². The first-order chi connectivity index (χ1) is 19.8. The average molecular weight is 583 g/mol. The van der Waals surface area contributed by atoms with Crippen LogP contribution >= 0.6 is 0 Å². The van der Waals surface area contributed by atoms with E-state index in [-0.39, 0.29) is 61.4 Å². The number of carbonyl (C=O) groups is 4. The second-order valence-electron chi connectivity index (χ2n) is 12.0. The number of aliphatic carboxylic acids is 2. The predicted molar refractivity (Wildman–Crippen MR) is 166 cm³/mol. The molecule has 0 aliphatic carbocycles. The molecule has 0 fully saturated rings. The number of nitrogens with one attached hydrogen (secondary N) is 2. The monoisotopic (exact) mass is 582 g/mol. The maximum atomic E-state index is 12.1. The van der Waals surface area contributed by atoms with Gasteiger partial charge in [-0.3, -0.25) is 19.2 Å².